The first-order chi connectivity index (χ1) is 7.43. The van der Waals surface area contributed by atoms with Crippen LogP contribution in [0.2, 0.25) is 0 Å². The van der Waals surface area contributed by atoms with Gasteiger partial charge in [0.2, 0.25) is 0 Å². The number of hydrogen-bond donors (Lipinski definition) is 0. The SMILES string of the molecule is CCCCCCCC[CH]c1cccnc1. The van der Waals surface area contributed by atoms with Crippen LogP contribution in [0.5, 0.6) is 0 Å². The van der Waals surface area contributed by atoms with Gasteiger partial charge < -0.3 is 0 Å². The lowest BCUT2D eigenvalue weighted by atomic mass is 10.1. The maximum absolute atomic E-state index is 4.09. The highest BCUT2D eigenvalue weighted by Crippen LogP contribution is 2.11. The van der Waals surface area contributed by atoms with Crippen molar-refractivity contribution in [2.24, 2.45) is 0 Å². The van der Waals surface area contributed by atoms with Crippen molar-refractivity contribution in [3.05, 3.63) is 36.5 Å². The van der Waals surface area contributed by atoms with Crippen LogP contribution in [0, 0.1) is 6.42 Å². The van der Waals surface area contributed by atoms with Crippen molar-refractivity contribution in [2.75, 3.05) is 0 Å². The first-order valence-electron chi connectivity index (χ1n) is 6.16. The van der Waals surface area contributed by atoms with Gasteiger partial charge in [0.05, 0.1) is 0 Å². The summed E-state index contributed by atoms with van der Waals surface area (Å²) < 4.78 is 0. The van der Waals surface area contributed by atoms with Gasteiger partial charge in [-0.3, -0.25) is 4.98 Å². The molecule has 0 spiro atoms. The van der Waals surface area contributed by atoms with Crippen molar-refractivity contribution in [1.82, 2.24) is 4.98 Å². The lowest BCUT2D eigenvalue weighted by Gasteiger charge is -2.01. The van der Waals surface area contributed by atoms with Gasteiger partial charge in [-0.25, -0.2) is 0 Å². The number of nitrogens with zero attached hydrogens (tertiary/aromatic N) is 1. The van der Waals surface area contributed by atoms with E-state index in [-0.39, 0.29) is 0 Å². The van der Waals surface area contributed by atoms with Crippen LogP contribution in [0.4, 0.5) is 0 Å². The van der Waals surface area contributed by atoms with Gasteiger partial charge in [-0.05, 0) is 24.5 Å². The monoisotopic (exact) mass is 204 g/mol. The average Bonchev–Trinajstić information content (AvgIpc) is 2.29. The molecule has 1 radical (unpaired) electrons. The summed E-state index contributed by atoms with van der Waals surface area (Å²) >= 11 is 0. The molecule has 0 aliphatic heterocycles. The van der Waals surface area contributed by atoms with Crippen molar-refractivity contribution in [3.63, 3.8) is 0 Å². The summed E-state index contributed by atoms with van der Waals surface area (Å²) in [5.41, 5.74) is 1.26. The number of hydrogen-bond acceptors (Lipinski definition) is 1. The Kier molecular flexibility index (Phi) is 6.89. The third-order valence-electron chi connectivity index (χ3n) is 2.62. The molecule has 0 bridgehead atoms. The smallest absolute Gasteiger partial charge is 0.0302 e. The Morgan fingerprint density at radius 3 is 2.67 bits per heavy atom. The van der Waals surface area contributed by atoms with Crippen molar-refractivity contribution < 1.29 is 0 Å². The second kappa shape index (κ2) is 8.46. The maximum Gasteiger partial charge on any atom is 0.0302 e. The highest BCUT2D eigenvalue weighted by Gasteiger charge is 1.93. The van der Waals surface area contributed by atoms with Crippen LogP contribution >= 0.6 is 0 Å². The number of rotatable bonds is 8. The molecule has 1 heterocycles. The van der Waals surface area contributed by atoms with Crippen LogP contribution in [-0.4, -0.2) is 4.98 Å². The molecule has 0 N–H and O–H groups in total. The quantitative estimate of drug-likeness (QED) is 0.572. The summed E-state index contributed by atoms with van der Waals surface area (Å²) in [6.07, 6.45) is 15.4. The van der Waals surface area contributed by atoms with E-state index in [4.69, 9.17) is 0 Å². The molecule has 0 saturated heterocycles. The average molecular weight is 204 g/mol. The fourth-order valence-electron chi connectivity index (χ4n) is 1.69. The van der Waals surface area contributed by atoms with Crippen LogP contribution in [0.25, 0.3) is 0 Å². The molecule has 1 rings (SSSR count). The summed E-state index contributed by atoms with van der Waals surface area (Å²) in [7, 11) is 0. The Labute approximate surface area is 93.9 Å². The van der Waals surface area contributed by atoms with Crippen LogP contribution in [0.15, 0.2) is 24.5 Å². The van der Waals surface area contributed by atoms with E-state index in [0.717, 1.165) is 0 Å². The van der Waals surface area contributed by atoms with E-state index in [1.807, 2.05) is 18.5 Å². The Balaban J connectivity index is 1.93. The normalized spacial score (nSPS) is 10.5. The highest BCUT2D eigenvalue weighted by atomic mass is 14.6. The second-order valence-electron chi connectivity index (χ2n) is 4.05. The Morgan fingerprint density at radius 2 is 1.93 bits per heavy atom. The van der Waals surface area contributed by atoms with Crippen LogP contribution in [-0.2, 0) is 0 Å². The molecule has 0 saturated carbocycles. The van der Waals surface area contributed by atoms with E-state index in [9.17, 15) is 0 Å². The topological polar surface area (TPSA) is 12.9 Å². The standard InChI is InChI=1S/C14H22N/c1-2-3-4-5-6-7-8-10-14-11-9-12-15-13-14/h9-13H,2-8H2,1H3. The van der Waals surface area contributed by atoms with Crippen molar-refractivity contribution in [3.8, 4) is 0 Å². The van der Waals surface area contributed by atoms with Gasteiger partial charge in [-0.2, -0.15) is 0 Å². The molecule has 0 aliphatic rings. The summed E-state index contributed by atoms with van der Waals surface area (Å²) in [6.45, 7) is 2.26. The van der Waals surface area contributed by atoms with Crippen LogP contribution in [0.1, 0.15) is 57.4 Å². The third-order valence-corrected chi connectivity index (χ3v) is 2.62. The molecule has 83 valence electrons. The summed E-state index contributed by atoms with van der Waals surface area (Å²) in [5.74, 6) is 0. The predicted molar refractivity (Wildman–Crippen MR) is 65.6 cm³/mol. The van der Waals surface area contributed by atoms with Crippen LogP contribution in [0.3, 0.4) is 0 Å². The second-order valence-corrected chi connectivity index (χ2v) is 4.05. The largest absolute Gasteiger partial charge is 0.264 e. The molecule has 0 aliphatic carbocycles. The zero-order valence-electron chi connectivity index (χ0n) is 9.78. The molecule has 1 aromatic rings. The maximum atomic E-state index is 4.09. The minimum atomic E-state index is 1.19. The summed E-state index contributed by atoms with van der Waals surface area (Å²) in [5, 5.41) is 0. The molecule has 1 heteroatoms. The van der Waals surface area contributed by atoms with E-state index >= 15 is 0 Å². The highest BCUT2D eigenvalue weighted by molar-refractivity contribution is 5.17. The van der Waals surface area contributed by atoms with E-state index < -0.39 is 0 Å². The molecule has 15 heavy (non-hydrogen) atoms. The van der Waals surface area contributed by atoms with Gasteiger partial charge in [0.25, 0.3) is 0 Å². The molecule has 0 fully saturated rings. The van der Waals surface area contributed by atoms with E-state index in [1.54, 1.807) is 0 Å². The fourth-order valence-corrected chi connectivity index (χ4v) is 1.69. The van der Waals surface area contributed by atoms with E-state index in [2.05, 4.69) is 24.4 Å². The first kappa shape index (κ1) is 12.2. The van der Waals surface area contributed by atoms with Gasteiger partial charge >= 0.3 is 0 Å². The molecule has 0 aromatic carbocycles. The fraction of sp³-hybridized carbons (Fsp3) is 0.571. The lowest BCUT2D eigenvalue weighted by Crippen LogP contribution is -1.84. The minimum Gasteiger partial charge on any atom is -0.264 e. The van der Waals surface area contributed by atoms with Gasteiger partial charge in [0.15, 0.2) is 0 Å². The number of pyridine rings is 1. The van der Waals surface area contributed by atoms with E-state index in [1.165, 1.54) is 50.5 Å². The Hall–Kier alpha value is -0.850. The summed E-state index contributed by atoms with van der Waals surface area (Å²) in [6, 6.07) is 4.11. The molecule has 0 amide bonds. The summed E-state index contributed by atoms with van der Waals surface area (Å²) in [4.78, 5) is 4.09. The van der Waals surface area contributed by atoms with Gasteiger partial charge in [0, 0.05) is 12.4 Å². The van der Waals surface area contributed by atoms with E-state index in [0.29, 0.717) is 0 Å². The Morgan fingerprint density at radius 1 is 1.13 bits per heavy atom. The molecule has 0 atom stereocenters. The predicted octanol–water partition coefficient (Wildman–Crippen LogP) is 4.38. The van der Waals surface area contributed by atoms with Crippen LogP contribution < -0.4 is 0 Å². The minimum absolute atomic E-state index is 1.19. The molecule has 1 aromatic heterocycles. The van der Waals surface area contributed by atoms with Crippen molar-refractivity contribution >= 4 is 0 Å². The number of unbranched alkanes of at least 4 members (excludes halogenated alkanes) is 6. The number of aromatic nitrogens is 1. The van der Waals surface area contributed by atoms with Crippen molar-refractivity contribution in [2.45, 2.75) is 51.9 Å². The van der Waals surface area contributed by atoms with Gasteiger partial charge in [-0.15, -0.1) is 0 Å². The van der Waals surface area contributed by atoms with Gasteiger partial charge in [-0.1, -0.05) is 51.5 Å². The Bertz CT molecular complexity index is 230. The molecule has 0 unspecified atom stereocenters. The first-order valence-corrected chi connectivity index (χ1v) is 6.16. The molecular weight excluding hydrogens is 182 g/mol. The van der Waals surface area contributed by atoms with Gasteiger partial charge in [0.1, 0.15) is 0 Å². The zero-order chi connectivity index (χ0) is 10.8. The third kappa shape index (κ3) is 6.27. The lowest BCUT2D eigenvalue weighted by molar-refractivity contribution is 0.607. The zero-order valence-corrected chi connectivity index (χ0v) is 9.78. The molecular formula is C14H22N. The van der Waals surface area contributed by atoms with Crippen molar-refractivity contribution in [1.29, 1.82) is 0 Å². The molecule has 1 nitrogen and oxygen atoms in total.